The van der Waals surface area contributed by atoms with Crippen LogP contribution in [-0.4, -0.2) is 12.2 Å². The highest BCUT2D eigenvalue weighted by molar-refractivity contribution is 9.11. The maximum Gasteiger partial charge on any atom is 0.0685 e. The Morgan fingerprint density at radius 2 is 1.95 bits per heavy atom. The number of rotatable bonds is 2. The van der Waals surface area contributed by atoms with Crippen LogP contribution in [0.2, 0.25) is 0 Å². The van der Waals surface area contributed by atoms with Gasteiger partial charge in [-0.1, -0.05) is 51.1 Å². The van der Waals surface area contributed by atoms with Crippen molar-refractivity contribution >= 4 is 31.9 Å². The Morgan fingerprint density at radius 1 is 1.19 bits per heavy atom. The van der Waals surface area contributed by atoms with Crippen LogP contribution in [0.1, 0.15) is 56.6 Å². The number of halogens is 2. The summed E-state index contributed by atoms with van der Waals surface area (Å²) in [7, 11) is 0. The monoisotopic (exact) mass is 415 g/mol. The number of ether oxygens (including phenoxy) is 1. The van der Waals surface area contributed by atoms with E-state index < -0.39 is 0 Å². The molecule has 0 radical (unpaired) electrons. The third kappa shape index (κ3) is 3.54. The van der Waals surface area contributed by atoms with E-state index in [2.05, 4.69) is 44.0 Å². The highest BCUT2D eigenvalue weighted by Crippen LogP contribution is 2.44. The van der Waals surface area contributed by atoms with Gasteiger partial charge in [-0.3, -0.25) is 0 Å². The Balaban J connectivity index is 1.77. The molecule has 1 aliphatic carbocycles. The Bertz CT molecular complexity index is 494. The predicted octanol–water partition coefficient (Wildman–Crippen LogP) is 5.34. The molecule has 1 saturated carbocycles. The van der Waals surface area contributed by atoms with Crippen molar-refractivity contribution in [3.63, 3.8) is 0 Å². The van der Waals surface area contributed by atoms with E-state index in [1.54, 1.807) is 0 Å². The van der Waals surface area contributed by atoms with Crippen LogP contribution in [-0.2, 0) is 4.74 Å². The molecule has 4 heteroatoms. The second-order valence-electron chi connectivity index (χ2n) is 6.54. The molecule has 2 unspecified atom stereocenters. The molecule has 2 nitrogen and oxygen atoms in total. The minimum absolute atomic E-state index is 0.0829. The fourth-order valence-corrected chi connectivity index (χ4v) is 4.83. The fraction of sp³-hybridized carbons (Fsp3) is 0.647. The first-order valence-corrected chi connectivity index (χ1v) is 9.53. The third-order valence-corrected chi connectivity index (χ3v) is 6.34. The predicted molar refractivity (Wildman–Crippen MR) is 93.3 cm³/mol. The molecule has 1 spiro atoms. The molecule has 2 N–H and O–H groups in total. The highest BCUT2D eigenvalue weighted by atomic mass is 79.9. The van der Waals surface area contributed by atoms with Gasteiger partial charge in [0.25, 0.3) is 0 Å². The molecular weight excluding hydrogens is 394 g/mol. The number of hydrogen-bond donors (Lipinski definition) is 1. The Hall–Kier alpha value is 0.1000. The van der Waals surface area contributed by atoms with Crippen LogP contribution in [0, 0.1) is 5.92 Å². The van der Waals surface area contributed by atoms with Crippen molar-refractivity contribution in [3.05, 3.63) is 32.7 Å². The van der Waals surface area contributed by atoms with Gasteiger partial charge in [0.15, 0.2) is 0 Å². The molecule has 1 saturated heterocycles. The van der Waals surface area contributed by atoms with Gasteiger partial charge in [0.2, 0.25) is 0 Å². The van der Waals surface area contributed by atoms with E-state index in [4.69, 9.17) is 10.5 Å². The Morgan fingerprint density at radius 3 is 2.71 bits per heavy atom. The first-order chi connectivity index (χ1) is 10.1. The lowest BCUT2D eigenvalue weighted by atomic mass is 9.73. The summed E-state index contributed by atoms with van der Waals surface area (Å²) in [5.74, 6) is 0.516. The Labute approximate surface area is 144 Å². The average molecular weight is 417 g/mol. The summed E-state index contributed by atoms with van der Waals surface area (Å²) in [6, 6.07) is 6.36. The smallest absolute Gasteiger partial charge is 0.0685 e. The summed E-state index contributed by atoms with van der Waals surface area (Å²) in [5.41, 5.74) is 7.96. The van der Waals surface area contributed by atoms with E-state index in [9.17, 15) is 0 Å². The lowest BCUT2D eigenvalue weighted by Gasteiger charge is -2.45. The summed E-state index contributed by atoms with van der Waals surface area (Å²) in [5, 5.41) is 0. The molecule has 0 aromatic heterocycles. The van der Waals surface area contributed by atoms with E-state index in [0.29, 0.717) is 5.92 Å². The molecule has 1 heterocycles. The quantitative estimate of drug-likeness (QED) is 0.705. The van der Waals surface area contributed by atoms with Gasteiger partial charge in [0.1, 0.15) is 0 Å². The minimum Gasteiger partial charge on any atom is -0.375 e. The highest BCUT2D eigenvalue weighted by Gasteiger charge is 2.40. The van der Waals surface area contributed by atoms with Gasteiger partial charge in [0.05, 0.1) is 5.60 Å². The molecule has 2 aliphatic rings. The summed E-state index contributed by atoms with van der Waals surface area (Å²) >= 11 is 7.21. The standard InChI is InChI=1S/C17H23Br2NO/c18-13-4-5-15(19)14(10-13)16(20)12-6-9-21-17(11-12)7-2-1-3-8-17/h4-5,10,12,16H,1-3,6-9,11,20H2. The zero-order chi connectivity index (χ0) is 14.9. The van der Waals surface area contributed by atoms with Crippen molar-refractivity contribution < 1.29 is 4.74 Å². The minimum atomic E-state index is 0.0829. The van der Waals surface area contributed by atoms with Crippen molar-refractivity contribution in [1.29, 1.82) is 0 Å². The van der Waals surface area contributed by atoms with Crippen LogP contribution in [0.15, 0.2) is 27.1 Å². The Kier molecular flexibility index (Phi) is 5.09. The van der Waals surface area contributed by atoms with E-state index in [1.807, 2.05) is 6.07 Å². The molecule has 2 fully saturated rings. The van der Waals surface area contributed by atoms with E-state index >= 15 is 0 Å². The van der Waals surface area contributed by atoms with Gasteiger partial charge in [-0.05, 0) is 55.4 Å². The molecule has 116 valence electrons. The van der Waals surface area contributed by atoms with Crippen LogP contribution < -0.4 is 5.73 Å². The summed E-state index contributed by atoms with van der Waals surface area (Å²) in [6.07, 6.45) is 8.60. The lowest BCUT2D eigenvalue weighted by molar-refractivity contribution is -0.120. The summed E-state index contributed by atoms with van der Waals surface area (Å²) in [4.78, 5) is 0. The van der Waals surface area contributed by atoms with Gasteiger partial charge in [0, 0.05) is 21.6 Å². The average Bonchev–Trinajstić information content (AvgIpc) is 2.50. The van der Waals surface area contributed by atoms with Gasteiger partial charge >= 0.3 is 0 Å². The molecule has 21 heavy (non-hydrogen) atoms. The summed E-state index contributed by atoms with van der Waals surface area (Å²) in [6.45, 7) is 0.865. The third-order valence-electron chi connectivity index (χ3n) is 5.12. The van der Waals surface area contributed by atoms with Crippen LogP contribution in [0.3, 0.4) is 0 Å². The largest absolute Gasteiger partial charge is 0.375 e. The van der Waals surface area contributed by atoms with Crippen molar-refractivity contribution in [1.82, 2.24) is 0 Å². The summed E-state index contributed by atoms with van der Waals surface area (Å²) < 4.78 is 8.41. The molecule has 1 aromatic carbocycles. The second-order valence-corrected chi connectivity index (χ2v) is 8.31. The zero-order valence-electron chi connectivity index (χ0n) is 12.3. The van der Waals surface area contributed by atoms with Crippen molar-refractivity contribution in [2.75, 3.05) is 6.61 Å². The van der Waals surface area contributed by atoms with Gasteiger partial charge in [-0.15, -0.1) is 0 Å². The molecule has 1 aromatic rings. The first kappa shape index (κ1) is 16.0. The second kappa shape index (κ2) is 6.69. The SMILES string of the molecule is NC(c1cc(Br)ccc1Br)C1CCOC2(CCCCC2)C1. The van der Waals surface area contributed by atoms with Crippen molar-refractivity contribution in [2.45, 2.75) is 56.6 Å². The van der Waals surface area contributed by atoms with E-state index in [1.165, 1.54) is 37.7 Å². The van der Waals surface area contributed by atoms with Gasteiger partial charge in [-0.2, -0.15) is 0 Å². The number of nitrogens with two attached hydrogens (primary N) is 1. The van der Waals surface area contributed by atoms with Crippen LogP contribution in [0.25, 0.3) is 0 Å². The van der Waals surface area contributed by atoms with Gasteiger partial charge in [-0.25, -0.2) is 0 Å². The molecule has 0 bridgehead atoms. The molecular formula is C17H23Br2NO. The normalized spacial score (nSPS) is 26.7. The van der Waals surface area contributed by atoms with Crippen molar-refractivity contribution in [2.24, 2.45) is 11.7 Å². The van der Waals surface area contributed by atoms with Crippen LogP contribution >= 0.6 is 31.9 Å². The molecule has 2 atom stereocenters. The topological polar surface area (TPSA) is 35.2 Å². The zero-order valence-corrected chi connectivity index (χ0v) is 15.5. The fourth-order valence-electron chi connectivity index (χ4n) is 3.94. The van der Waals surface area contributed by atoms with Crippen LogP contribution in [0.5, 0.6) is 0 Å². The molecule has 0 amide bonds. The maximum atomic E-state index is 6.62. The lowest BCUT2D eigenvalue weighted by Crippen LogP contribution is -2.44. The van der Waals surface area contributed by atoms with Gasteiger partial charge < -0.3 is 10.5 Å². The van der Waals surface area contributed by atoms with E-state index in [-0.39, 0.29) is 11.6 Å². The van der Waals surface area contributed by atoms with Crippen molar-refractivity contribution in [3.8, 4) is 0 Å². The molecule has 3 rings (SSSR count). The number of hydrogen-bond acceptors (Lipinski definition) is 2. The first-order valence-electron chi connectivity index (χ1n) is 7.94. The van der Waals surface area contributed by atoms with Crippen LogP contribution in [0.4, 0.5) is 0 Å². The maximum absolute atomic E-state index is 6.62. The van der Waals surface area contributed by atoms with E-state index in [0.717, 1.165) is 28.4 Å². The number of benzene rings is 1. The molecule has 1 aliphatic heterocycles.